The van der Waals surface area contributed by atoms with E-state index < -0.39 is 6.17 Å². The number of nitrogens with zero attached hydrogens (tertiary/aromatic N) is 3. The lowest BCUT2D eigenvalue weighted by Crippen LogP contribution is -2.35. The van der Waals surface area contributed by atoms with E-state index in [-0.39, 0.29) is 11.6 Å². The van der Waals surface area contributed by atoms with Crippen molar-refractivity contribution in [1.82, 2.24) is 20.3 Å². The van der Waals surface area contributed by atoms with Gasteiger partial charge in [-0.2, -0.15) is 0 Å². The summed E-state index contributed by atoms with van der Waals surface area (Å²) in [6.07, 6.45) is 0.588. The number of carbonyl (C=O) groups excluding carboxylic acids is 1. The van der Waals surface area contributed by atoms with Gasteiger partial charge in [-0.05, 0) is 24.3 Å². The first-order valence-electron chi connectivity index (χ1n) is 8.36. The molecule has 0 aliphatic heterocycles. The molecule has 0 radical (unpaired) electrons. The van der Waals surface area contributed by atoms with E-state index in [9.17, 15) is 4.79 Å². The summed E-state index contributed by atoms with van der Waals surface area (Å²) in [4.78, 5) is 25.5. The molecule has 4 rings (SSSR count). The average Bonchev–Trinajstić information content (AvgIpc) is 2.72. The fourth-order valence-electron chi connectivity index (χ4n) is 2.88. The molecule has 4 aromatic rings. The minimum atomic E-state index is -0.776. The van der Waals surface area contributed by atoms with Crippen molar-refractivity contribution in [3.8, 4) is 5.75 Å². The summed E-state index contributed by atoms with van der Waals surface area (Å²) in [5, 5.41) is 4.38. The maximum Gasteiger partial charge on any atom is 0.272 e. The highest BCUT2D eigenvalue weighted by atomic mass is 16.5. The molecule has 0 aliphatic carbocycles. The van der Waals surface area contributed by atoms with E-state index in [4.69, 9.17) is 10.5 Å². The number of hydrogen-bond acceptors (Lipinski definition) is 6. The Morgan fingerprint density at radius 3 is 2.74 bits per heavy atom. The summed E-state index contributed by atoms with van der Waals surface area (Å²) in [6, 6.07) is 16.6. The molecule has 0 spiro atoms. The van der Waals surface area contributed by atoms with Crippen molar-refractivity contribution < 1.29 is 9.53 Å². The minimum Gasteiger partial charge on any atom is -0.497 e. The summed E-state index contributed by atoms with van der Waals surface area (Å²) in [5.41, 5.74) is 8.43. The average molecular weight is 359 g/mol. The van der Waals surface area contributed by atoms with E-state index >= 15 is 0 Å². The number of benzene rings is 2. The van der Waals surface area contributed by atoms with Crippen LogP contribution < -0.4 is 15.8 Å². The molecule has 0 bridgehead atoms. The summed E-state index contributed by atoms with van der Waals surface area (Å²) in [5.74, 6) is 0.325. The highest BCUT2D eigenvalue weighted by molar-refractivity contribution is 6.04. The lowest BCUT2D eigenvalue weighted by molar-refractivity contribution is 0.0933. The van der Waals surface area contributed by atoms with E-state index in [0.29, 0.717) is 22.3 Å². The number of hydrogen-bond donors (Lipinski definition) is 2. The van der Waals surface area contributed by atoms with E-state index in [1.807, 2.05) is 42.5 Å². The van der Waals surface area contributed by atoms with Crippen molar-refractivity contribution in [2.24, 2.45) is 5.73 Å². The van der Waals surface area contributed by atoms with Gasteiger partial charge in [0.15, 0.2) is 0 Å². The fourth-order valence-corrected chi connectivity index (χ4v) is 2.88. The van der Waals surface area contributed by atoms with Gasteiger partial charge in [0.1, 0.15) is 23.9 Å². The van der Waals surface area contributed by atoms with Gasteiger partial charge in [0, 0.05) is 16.8 Å². The Morgan fingerprint density at radius 1 is 1.07 bits per heavy atom. The molecule has 134 valence electrons. The molecule has 27 heavy (non-hydrogen) atoms. The predicted octanol–water partition coefficient (Wildman–Crippen LogP) is 2.57. The monoisotopic (exact) mass is 359 g/mol. The van der Waals surface area contributed by atoms with Gasteiger partial charge in [0.05, 0.1) is 23.8 Å². The minimum absolute atomic E-state index is 0.276. The molecule has 0 aliphatic rings. The van der Waals surface area contributed by atoms with Crippen LogP contribution in [0.25, 0.3) is 21.8 Å². The number of nitrogens with one attached hydrogen (secondary N) is 1. The predicted molar refractivity (Wildman–Crippen MR) is 102 cm³/mol. The van der Waals surface area contributed by atoms with Gasteiger partial charge in [-0.15, -0.1) is 0 Å². The molecule has 0 fully saturated rings. The first kappa shape index (κ1) is 16.9. The zero-order valence-corrected chi connectivity index (χ0v) is 14.6. The van der Waals surface area contributed by atoms with Crippen molar-refractivity contribution in [3.63, 3.8) is 0 Å². The van der Waals surface area contributed by atoms with Crippen LogP contribution in [0.1, 0.15) is 22.3 Å². The number of pyridine rings is 1. The molecule has 3 N–H and O–H groups in total. The summed E-state index contributed by atoms with van der Waals surface area (Å²) >= 11 is 0. The van der Waals surface area contributed by atoms with Gasteiger partial charge in [0.2, 0.25) is 0 Å². The normalized spacial score (nSPS) is 12.1. The number of nitrogens with two attached hydrogens (primary N) is 1. The topological polar surface area (TPSA) is 103 Å². The molecule has 1 amide bonds. The third kappa shape index (κ3) is 3.28. The van der Waals surface area contributed by atoms with Gasteiger partial charge in [-0.25, -0.2) is 15.0 Å². The first-order chi connectivity index (χ1) is 13.2. The SMILES string of the molecule is COc1ccc2ccc(C(N)NC(=O)c3ncnc4ccccc34)nc2c1. The second kappa shape index (κ2) is 6.97. The summed E-state index contributed by atoms with van der Waals surface area (Å²) in [7, 11) is 1.60. The van der Waals surface area contributed by atoms with Crippen LogP contribution in [0.2, 0.25) is 0 Å². The van der Waals surface area contributed by atoms with Crippen LogP contribution >= 0.6 is 0 Å². The lowest BCUT2D eigenvalue weighted by atomic mass is 10.1. The smallest absolute Gasteiger partial charge is 0.272 e. The van der Waals surface area contributed by atoms with Gasteiger partial charge >= 0.3 is 0 Å². The molecular formula is C20H17N5O2. The van der Waals surface area contributed by atoms with Crippen LogP contribution in [0.15, 0.2) is 60.9 Å². The van der Waals surface area contributed by atoms with E-state index in [1.54, 1.807) is 19.2 Å². The van der Waals surface area contributed by atoms with E-state index in [0.717, 1.165) is 10.9 Å². The highest BCUT2D eigenvalue weighted by Gasteiger charge is 2.17. The third-order valence-electron chi connectivity index (χ3n) is 4.28. The van der Waals surface area contributed by atoms with Crippen molar-refractivity contribution in [2.45, 2.75) is 6.17 Å². The lowest BCUT2D eigenvalue weighted by Gasteiger charge is -2.14. The van der Waals surface area contributed by atoms with Gasteiger partial charge in [-0.3, -0.25) is 4.79 Å². The quantitative estimate of drug-likeness (QED) is 0.543. The number of methoxy groups -OCH3 is 1. The maximum absolute atomic E-state index is 12.7. The molecule has 1 unspecified atom stereocenters. The van der Waals surface area contributed by atoms with E-state index in [2.05, 4.69) is 20.3 Å². The number of amides is 1. The highest BCUT2D eigenvalue weighted by Crippen LogP contribution is 2.21. The second-order valence-corrected chi connectivity index (χ2v) is 5.99. The van der Waals surface area contributed by atoms with Crippen molar-refractivity contribution >= 4 is 27.7 Å². The van der Waals surface area contributed by atoms with E-state index in [1.165, 1.54) is 6.33 Å². The fraction of sp³-hybridized carbons (Fsp3) is 0.100. The number of carbonyl (C=O) groups is 1. The van der Waals surface area contributed by atoms with Crippen LogP contribution in [0.5, 0.6) is 5.75 Å². The summed E-state index contributed by atoms with van der Waals surface area (Å²) < 4.78 is 5.23. The largest absolute Gasteiger partial charge is 0.497 e. The zero-order valence-electron chi connectivity index (χ0n) is 14.6. The molecular weight excluding hydrogens is 342 g/mol. The number of aromatic nitrogens is 3. The summed E-state index contributed by atoms with van der Waals surface area (Å²) in [6.45, 7) is 0. The van der Waals surface area contributed by atoms with Crippen LogP contribution in [0.3, 0.4) is 0 Å². The molecule has 0 saturated heterocycles. The standard InChI is InChI=1S/C20H17N5O2/c1-27-13-8-6-12-7-9-16(24-17(12)10-13)19(21)25-20(26)18-14-4-2-3-5-15(14)22-11-23-18/h2-11,19H,21H2,1H3,(H,25,26). The second-order valence-electron chi connectivity index (χ2n) is 5.99. The molecule has 1 atom stereocenters. The molecule has 2 heterocycles. The Morgan fingerprint density at radius 2 is 1.89 bits per heavy atom. The molecule has 7 heteroatoms. The van der Waals surface area contributed by atoms with Gasteiger partial charge in [0.25, 0.3) is 5.91 Å². The van der Waals surface area contributed by atoms with Crippen LogP contribution in [0, 0.1) is 0 Å². The Bertz CT molecular complexity index is 1140. The molecule has 2 aromatic carbocycles. The third-order valence-corrected chi connectivity index (χ3v) is 4.28. The van der Waals surface area contributed by atoms with Crippen molar-refractivity contribution in [3.05, 3.63) is 72.3 Å². The number of rotatable bonds is 4. The maximum atomic E-state index is 12.7. The van der Waals surface area contributed by atoms with Gasteiger partial charge in [-0.1, -0.05) is 24.3 Å². The van der Waals surface area contributed by atoms with Crippen molar-refractivity contribution in [1.29, 1.82) is 0 Å². The molecule has 7 nitrogen and oxygen atoms in total. The Balaban J connectivity index is 1.62. The molecule has 0 saturated carbocycles. The first-order valence-corrected chi connectivity index (χ1v) is 8.36. The molecule has 2 aromatic heterocycles. The number of ether oxygens (including phenoxy) is 1. The zero-order chi connectivity index (χ0) is 18.8. The Labute approximate surface area is 155 Å². The van der Waals surface area contributed by atoms with Crippen LogP contribution in [-0.4, -0.2) is 28.0 Å². The van der Waals surface area contributed by atoms with Crippen LogP contribution in [0.4, 0.5) is 0 Å². The Hall–Kier alpha value is -3.58. The van der Waals surface area contributed by atoms with Gasteiger partial charge < -0.3 is 15.8 Å². The van der Waals surface area contributed by atoms with Crippen LogP contribution in [-0.2, 0) is 0 Å². The number of fused-ring (bicyclic) bond motifs is 2. The van der Waals surface area contributed by atoms with Crippen molar-refractivity contribution in [2.75, 3.05) is 7.11 Å². The Kier molecular flexibility index (Phi) is 4.35. The number of para-hydroxylation sites is 1.